The minimum Gasteiger partial charge on any atom is -0.505 e. The molecule has 0 saturated carbocycles. The van der Waals surface area contributed by atoms with Crippen molar-refractivity contribution in [2.24, 2.45) is 15.3 Å². The molecule has 0 aliphatic rings. The lowest BCUT2D eigenvalue weighted by molar-refractivity contribution is 0.0697. The molecule has 0 aliphatic heterocycles. The number of amidine groups is 1. The maximum Gasteiger partial charge on any atom is 0.337 e. The second kappa shape index (κ2) is 9.00. The number of azo groups is 1. The monoisotopic (exact) mass is 402 g/mol. The zero-order valence-corrected chi connectivity index (χ0v) is 16.9. The normalized spacial score (nSPS) is 11.6. The second-order valence-electron chi connectivity index (χ2n) is 6.92. The molecule has 0 unspecified atom stereocenters. The Morgan fingerprint density at radius 1 is 0.933 bits per heavy atom. The van der Waals surface area contributed by atoms with Crippen molar-refractivity contribution in [3.8, 4) is 5.75 Å². The molecule has 0 radical (unpaired) electrons. The zero-order valence-electron chi connectivity index (χ0n) is 16.9. The molecule has 0 saturated heterocycles. The van der Waals surface area contributed by atoms with Gasteiger partial charge in [0.2, 0.25) is 5.84 Å². The first-order valence-corrected chi connectivity index (χ1v) is 9.30. The number of aromatic carboxylic acids is 1. The largest absolute Gasteiger partial charge is 0.505 e. The summed E-state index contributed by atoms with van der Waals surface area (Å²) in [5, 5.41) is 32.4. The molecule has 3 N–H and O–H groups in total. The van der Waals surface area contributed by atoms with Gasteiger partial charge in [-0.15, -0.1) is 10.2 Å². The van der Waals surface area contributed by atoms with Crippen molar-refractivity contribution in [1.82, 2.24) is 0 Å². The molecule has 0 aliphatic carbocycles. The van der Waals surface area contributed by atoms with E-state index in [2.05, 4.69) is 20.8 Å². The maximum absolute atomic E-state index is 11.5. The predicted molar refractivity (Wildman–Crippen MR) is 117 cm³/mol. The van der Waals surface area contributed by atoms with Crippen LogP contribution in [-0.2, 0) is 0 Å². The summed E-state index contributed by atoms with van der Waals surface area (Å²) in [7, 11) is 0. The Kier molecular flexibility index (Phi) is 6.22. The zero-order chi connectivity index (χ0) is 21.7. The van der Waals surface area contributed by atoms with E-state index in [4.69, 9.17) is 0 Å². The van der Waals surface area contributed by atoms with E-state index in [-0.39, 0.29) is 22.8 Å². The number of nitrogens with zero attached hydrogens (tertiary/aromatic N) is 3. The van der Waals surface area contributed by atoms with Crippen LogP contribution in [0.4, 0.5) is 11.4 Å². The molecule has 152 valence electrons. The van der Waals surface area contributed by atoms with Crippen LogP contribution in [-0.4, -0.2) is 22.0 Å². The maximum atomic E-state index is 11.5. The Bertz CT molecular complexity index is 1140. The molecule has 3 aromatic rings. The van der Waals surface area contributed by atoms with Gasteiger partial charge in [0.15, 0.2) is 0 Å². The van der Waals surface area contributed by atoms with Crippen LogP contribution in [0.1, 0.15) is 32.6 Å². The van der Waals surface area contributed by atoms with Gasteiger partial charge < -0.3 is 10.2 Å². The number of anilines is 1. The Morgan fingerprint density at radius 3 is 2.37 bits per heavy atom. The molecule has 0 amide bonds. The fourth-order valence-electron chi connectivity index (χ4n) is 2.90. The highest BCUT2D eigenvalue weighted by Gasteiger charge is 2.11. The van der Waals surface area contributed by atoms with Crippen molar-refractivity contribution >= 4 is 23.2 Å². The minimum absolute atomic E-state index is 0.0612. The number of hydrogen-bond donors (Lipinski definition) is 3. The first-order valence-electron chi connectivity index (χ1n) is 9.30. The van der Waals surface area contributed by atoms with Crippen LogP contribution >= 0.6 is 0 Å². The fraction of sp³-hybridized carbons (Fsp3) is 0.130. The van der Waals surface area contributed by atoms with E-state index in [1.807, 2.05) is 50.2 Å². The van der Waals surface area contributed by atoms with Gasteiger partial charge in [0.1, 0.15) is 11.4 Å². The molecule has 7 heteroatoms. The number of hydrogen-bond acceptors (Lipinski definition) is 5. The predicted octanol–water partition coefficient (Wildman–Crippen LogP) is 5.57. The summed E-state index contributed by atoms with van der Waals surface area (Å²) >= 11 is 0. The molecule has 0 atom stereocenters. The number of hydrazone groups is 1. The number of phenols is 1. The van der Waals surface area contributed by atoms with E-state index in [1.165, 1.54) is 0 Å². The lowest BCUT2D eigenvalue weighted by atomic mass is 10.1. The van der Waals surface area contributed by atoms with E-state index in [1.54, 1.807) is 31.2 Å². The van der Waals surface area contributed by atoms with E-state index >= 15 is 0 Å². The Labute approximate surface area is 174 Å². The number of aromatic hydroxyl groups is 1. The number of phenolic OH excluding ortho intramolecular Hbond substituents is 1. The SMILES string of the molecule is Cc1cc(C)c(O)c(NN=C(N=Nc2ccc(C)cc2C(=O)O)c2ccccc2)c1. The molecule has 3 aromatic carbocycles. The highest BCUT2D eigenvalue weighted by molar-refractivity contribution is 6.00. The molecule has 7 nitrogen and oxygen atoms in total. The van der Waals surface area contributed by atoms with Crippen molar-refractivity contribution in [1.29, 1.82) is 0 Å². The summed E-state index contributed by atoms with van der Waals surface area (Å²) < 4.78 is 0. The van der Waals surface area contributed by atoms with Gasteiger partial charge >= 0.3 is 5.97 Å². The van der Waals surface area contributed by atoms with Crippen LogP contribution in [0.3, 0.4) is 0 Å². The minimum atomic E-state index is -1.08. The molecule has 0 heterocycles. The summed E-state index contributed by atoms with van der Waals surface area (Å²) in [5.41, 5.74) is 6.76. The quantitative estimate of drug-likeness (QED) is 0.170. The number of carbonyl (C=O) groups is 1. The summed E-state index contributed by atoms with van der Waals surface area (Å²) in [6, 6.07) is 17.7. The van der Waals surface area contributed by atoms with Gasteiger partial charge in [0.05, 0.1) is 11.3 Å². The first-order chi connectivity index (χ1) is 14.3. The van der Waals surface area contributed by atoms with Crippen molar-refractivity contribution in [2.45, 2.75) is 20.8 Å². The molecule has 30 heavy (non-hydrogen) atoms. The Balaban J connectivity index is 2.00. The molecular weight excluding hydrogens is 380 g/mol. The number of carboxylic acids is 1. The van der Waals surface area contributed by atoms with Crippen LogP contribution in [0.25, 0.3) is 0 Å². The van der Waals surface area contributed by atoms with Gasteiger partial charge in [-0.2, -0.15) is 5.10 Å². The number of aryl methyl sites for hydroxylation is 3. The van der Waals surface area contributed by atoms with E-state index in [0.717, 1.165) is 16.7 Å². The van der Waals surface area contributed by atoms with Crippen LogP contribution in [0.15, 0.2) is 76.0 Å². The third-order valence-electron chi connectivity index (χ3n) is 4.39. The van der Waals surface area contributed by atoms with Gasteiger partial charge in [0, 0.05) is 5.56 Å². The van der Waals surface area contributed by atoms with E-state index in [0.29, 0.717) is 11.3 Å². The number of nitrogens with one attached hydrogen (secondary N) is 1. The lowest BCUT2D eigenvalue weighted by Gasteiger charge is -2.09. The van der Waals surface area contributed by atoms with Crippen molar-refractivity contribution in [2.75, 3.05) is 5.43 Å². The average molecular weight is 402 g/mol. The van der Waals surface area contributed by atoms with Gasteiger partial charge in [-0.05, 0) is 50.1 Å². The smallest absolute Gasteiger partial charge is 0.337 e. The second-order valence-corrected chi connectivity index (χ2v) is 6.92. The van der Waals surface area contributed by atoms with Gasteiger partial charge in [-0.25, -0.2) is 4.79 Å². The van der Waals surface area contributed by atoms with Crippen LogP contribution in [0, 0.1) is 20.8 Å². The number of benzene rings is 3. The molecule has 0 spiro atoms. The van der Waals surface area contributed by atoms with E-state index in [9.17, 15) is 15.0 Å². The fourth-order valence-corrected chi connectivity index (χ4v) is 2.90. The van der Waals surface area contributed by atoms with E-state index < -0.39 is 5.97 Å². The third-order valence-corrected chi connectivity index (χ3v) is 4.39. The summed E-state index contributed by atoms with van der Waals surface area (Å²) in [4.78, 5) is 11.5. The Morgan fingerprint density at radius 2 is 1.67 bits per heavy atom. The molecule has 0 bridgehead atoms. The summed E-state index contributed by atoms with van der Waals surface area (Å²) in [6.07, 6.45) is 0. The van der Waals surface area contributed by atoms with Crippen molar-refractivity contribution in [3.63, 3.8) is 0 Å². The van der Waals surface area contributed by atoms with Crippen molar-refractivity contribution < 1.29 is 15.0 Å². The molecule has 3 rings (SSSR count). The highest BCUT2D eigenvalue weighted by atomic mass is 16.4. The lowest BCUT2D eigenvalue weighted by Crippen LogP contribution is -2.02. The topological polar surface area (TPSA) is 107 Å². The summed E-state index contributed by atoms with van der Waals surface area (Å²) in [6.45, 7) is 5.54. The van der Waals surface area contributed by atoms with Crippen LogP contribution < -0.4 is 5.43 Å². The highest BCUT2D eigenvalue weighted by Crippen LogP contribution is 2.29. The Hall–Kier alpha value is -4.00. The first kappa shape index (κ1) is 20.7. The molecular formula is C23H22N4O3. The molecule has 0 aromatic heterocycles. The average Bonchev–Trinajstić information content (AvgIpc) is 2.72. The summed E-state index contributed by atoms with van der Waals surface area (Å²) in [5.74, 6) is -0.740. The standard InChI is InChI=1S/C23H22N4O3/c1-14-9-10-19(18(12-14)23(29)30)24-26-22(17-7-5-4-6-8-17)27-25-20-13-15(2)11-16(3)21(20)28/h4-13,25,28H,1-3H3,(H,29,30). The number of carboxylic acid groups (broad SMARTS) is 1. The molecule has 0 fully saturated rings. The van der Waals surface area contributed by atoms with Crippen LogP contribution in [0.5, 0.6) is 5.75 Å². The van der Waals surface area contributed by atoms with Gasteiger partial charge in [-0.3, -0.25) is 5.43 Å². The number of rotatable bonds is 5. The third kappa shape index (κ3) is 4.88. The van der Waals surface area contributed by atoms with Crippen molar-refractivity contribution in [3.05, 3.63) is 88.5 Å². The van der Waals surface area contributed by atoms with Gasteiger partial charge in [0.25, 0.3) is 0 Å². The van der Waals surface area contributed by atoms with Gasteiger partial charge in [-0.1, -0.05) is 48.0 Å². The van der Waals surface area contributed by atoms with Crippen LogP contribution in [0.2, 0.25) is 0 Å².